The van der Waals surface area contributed by atoms with Crippen molar-refractivity contribution in [3.8, 4) is 0 Å². The second-order valence-electron chi connectivity index (χ2n) is 4.63. The minimum atomic E-state index is 0.936. The van der Waals surface area contributed by atoms with Gasteiger partial charge >= 0.3 is 0 Å². The van der Waals surface area contributed by atoms with Gasteiger partial charge in [-0.2, -0.15) is 0 Å². The van der Waals surface area contributed by atoms with Crippen LogP contribution in [0.1, 0.15) is 31.1 Å². The van der Waals surface area contributed by atoms with E-state index in [1.807, 2.05) is 6.07 Å². The summed E-state index contributed by atoms with van der Waals surface area (Å²) in [4.78, 5) is 0. The third-order valence-corrected chi connectivity index (χ3v) is 2.89. The van der Waals surface area contributed by atoms with Gasteiger partial charge in [0.25, 0.3) is 0 Å². The molecule has 0 fully saturated rings. The molecule has 0 spiro atoms. The fraction of sp³-hybridized carbons (Fsp3) is 0.375. The molecule has 0 radical (unpaired) electrons. The van der Waals surface area contributed by atoms with Crippen LogP contribution in [0.5, 0.6) is 0 Å². The van der Waals surface area contributed by atoms with Gasteiger partial charge in [-0.25, -0.2) is 0 Å². The Morgan fingerprint density at radius 3 is 2.94 bits per heavy atom. The molecule has 0 aliphatic rings. The lowest BCUT2D eigenvalue weighted by Gasteiger charge is -1.97. The summed E-state index contributed by atoms with van der Waals surface area (Å²) in [6, 6.07) is 8.36. The van der Waals surface area contributed by atoms with E-state index >= 15 is 0 Å². The van der Waals surface area contributed by atoms with E-state index in [0.717, 1.165) is 30.9 Å². The van der Waals surface area contributed by atoms with Gasteiger partial charge < -0.3 is 9.73 Å². The van der Waals surface area contributed by atoms with E-state index in [4.69, 9.17) is 4.42 Å². The normalized spacial score (nSPS) is 11.7. The van der Waals surface area contributed by atoms with Crippen LogP contribution in [0.15, 0.2) is 34.8 Å². The van der Waals surface area contributed by atoms with Gasteiger partial charge in [0.05, 0.1) is 0 Å². The number of hydrogen-bond donors (Lipinski definition) is 1. The number of aryl methyl sites for hydroxylation is 1. The SMILES string of the molecule is CCCNCC/C=C/c1cc2cc(C)ccc2o1. The maximum atomic E-state index is 5.74. The van der Waals surface area contributed by atoms with Gasteiger partial charge in [-0.15, -0.1) is 0 Å². The van der Waals surface area contributed by atoms with Crippen LogP contribution in [0.2, 0.25) is 0 Å². The van der Waals surface area contributed by atoms with Crippen molar-refractivity contribution >= 4 is 17.0 Å². The van der Waals surface area contributed by atoms with E-state index in [2.05, 4.69) is 49.5 Å². The maximum absolute atomic E-state index is 5.74. The predicted octanol–water partition coefficient (Wildman–Crippen LogP) is 4.14. The van der Waals surface area contributed by atoms with Crippen molar-refractivity contribution in [2.24, 2.45) is 0 Å². The number of hydrogen-bond acceptors (Lipinski definition) is 2. The summed E-state index contributed by atoms with van der Waals surface area (Å²) in [5.41, 5.74) is 2.23. The molecule has 0 amide bonds. The average molecular weight is 243 g/mol. The maximum Gasteiger partial charge on any atom is 0.134 e. The first kappa shape index (κ1) is 12.9. The van der Waals surface area contributed by atoms with Crippen molar-refractivity contribution < 1.29 is 4.42 Å². The second kappa shape index (κ2) is 6.41. The monoisotopic (exact) mass is 243 g/mol. The number of benzene rings is 1. The van der Waals surface area contributed by atoms with Crippen LogP contribution in [0.3, 0.4) is 0 Å². The van der Waals surface area contributed by atoms with Crippen molar-refractivity contribution in [2.75, 3.05) is 13.1 Å². The molecule has 0 aliphatic carbocycles. The molecule has 1 heterocycles. The molecule has 2 heteroatoms. The molecule has 0 saturated heterocycles. The van der Waals surface area contributed by atoms with E-state index < -0.39 is 0 Å². The minimum absolute atomic E-state index is 0.936. The number of rotatable bonds is 6. The van der Waals surface area contributed by atoms with E-state index in [0.29, 0.717) is 0 Å². The Morgan fingerprint density at radius 2 is 2.11 bits per heavy atom. The van der Waals surface area contributed by atoms with Crippen molar-refractivity contribution in [2.45, 2.75) is 26.7 Å². The molecule has 1 N–H and O–H groups in total. The largest absolute Gasteiger partial charge is 0.457 e. The Morgan fingerprint density at radius 1 is 1.22 bits per heavy atom. The Labute approximate surface area is 109 Å². The first-order valence-electron chi connectivity index (χ1n) is 6.67. The van der Waals surface area contributed by atoms with Crippen LogP contribution in [0.25, 0.3) is 17.0 Å². The standard InChI is InChI=1S/C16H21NO/c1-3-9-17-10-5-4-6-15-12-14-11-13(2)7-8-16(14)18-15/h4,6-8,11-12,17H,3,5,9-10H2,1-2H3/b6-4+. The average Bonchev–Trinajstić information content (AvgIpc) is 2.75. The summed E-state index contributed by atoms with van der Waals surface area (Å²) >= 11 is 0. The highest BCUT2D eigenvalue weighted by Gasteiger charge is 2.00. The fourth-order valence-corrected chi connectivity index (χ4v) is 1.95. The lowest BCUT2D eigenvalue weighted by Crippen LogP contribution is -2.14. The zero-order valence-corrected chi connectivity index (χ0v) is 11.2. The zero-order valence-electron chi connectivity index (χ0n) is 11.2. The Hall–Kier alpha value is -1.54. The second-order valence-corrected chi connectivity index (χ2v) is 4.63. The quantitative estimate of drug-likeness (QED) is 0.771. The van der Waals surface area contributed by atoms with E-state index in [9.17, 15) is 0 Å². The predicted molar refractivity (Wildman–Crippen MR) is 77.8 cm³/mol. The number of nitrogens with one attached hydrogen (secondary N) is 1. The van der Waals surface area contributed by atoms with Gasteiger partial charge in [0, 0.05) is 5.39 Å². The van der Waals surface area contributed by atoms with Crippen molar-refractivity contribution in [1.82, 2.24) is 5.32 Å². The van der Waals surface area contributed by atoms with Gasteiger partial charge in [0.1, 0.15) is 11.3 Å². The van der Waals surface area contributed by atoms with Gasteiger partial charge in [0.15, 0.2) is 0 Å². The smallest absolute Gasteiger partial charge is 0.134 e. The first-order valence-corrected chi connectivity index (χ1v) is 6.67. The summed E-state index contributed by atoms with van der Waals surface area (Å²) < 4.78 is 5.74. The van der Waals surface area contributed by atoms with Crippen LogP contribution in [-0.2, 0) is 0 Å². The van der Waals surface area contributed by atoms with E-state index in [-0.39, 0.29) is 0 Å². The summed E-state index contributed by atoms with van der Waals surface area (Å²) in [7, 11) is 0. The van der Waals surface area contributed by atoms with Crippen molar-refractivity contribution in [1.29, 1.82) is 0 Å². The van der Waals surface area contributed by atoms with Crippen molar-refractivity contribution in [3.05, 3.63) is 41.7 Å². The molecule has 0 bridgehead atoms. The fourth-order valence-electron chi connectivity index (χ4n) is 1.95. The van der Waals surface area contributed by atoms with E-state index in [1.54, 1.807) is 0 Å². The van der Waals surface area contributed by atoms with Crippen LogP contribution in [0.4, 0.5) is 0 Å². The Kier molecular flexibility index (Phi) is 4.59. The zero-order chi connectivity index (χ0) is 12.8. The number of fused-ring (bicyclic) bond motifs is 1. The lowest BCUT2D eigenvalue weighted by molar-refractivity contribution is 0.603. The molecule has 1 aromatic carbocycles. The minimum Gasteiger partial charge on any atom is -0.457 e. The highest BCUT2D eigenvalue weighted by molar-refractivity contribution is 5.80. The highest BCUT2D eigenvalue weighted by Crippen LogP contribution is 2.21. The molecule has 2 aromatic rings. The highest BCUT2D eigenvalue weighted by atomic mass is 16.3. The lowest BCUT2D eigenvalue weighted by atomic mass is 10.2. The number of furan rings is 1. The molecule has 0 atom stereocenters. The molecule has 18 heavy (non-hydrogen) atoms. The molecular weight excluding hydrogens is 222 g/mol. The molecule has 0 aliphatic heterocycles. The molecule has 0 unspecified atom stereocenters. The summed E-state index contributed by atoms with van der Waals surface area (Å²) in [5, 5.41) is 4.55. The van der Waals surface area contributed by atoms with Crippen LogP contribution >= 0.6 is 0 Å². The third kappa shape index (κ3) is 3.47. The third-order valence-electron chi connectivity index (χ3n) is 2.89. The topological polar surface area (TPSA) is 25.2 Å². The molecule has 2 rings (SSSR count). The van der Waals surface area contributed by atoms with Gasteiger partial charge in [0.2, 0.25) is 0 Å². The Balaban J connectivity index is 1.93. The van der Waals surface area contributed by atoms with E-state index in [1.165, 1.54) is 17.4 Å². The van der Waals surface area contributed by atoms with Crippen LogP contribution < -0.4 is 5.32 Å². The molecule has 1 aromatic heterocycles. The van der Waals surface area contributed by atoms with Crippen LogP contribution in [0, 0.1) is 6.92 Å². The van der Waals surface area contributed by atoms with Gasteiger partial charge in [-0.05, 0) is 57.1 Å². The van der Waals surface area contributed by atoms with Gasteiger partial charge in [-0.1, -0.05) is 24.6 Å². The molecular formula is C16H21NO. The summed E-state index contributed by atoms with van der Waals surface area (Å²) in [5.74, 6) is 0.936. The van der Waals surface area contributed by atoms with Crippen LogP contribution in [-0.4, -0.2) is 13.1 Å². The molecule has 0 saturated carbocycles. The summed E-state index contributed by atoms with van der Waals surface area (Å²) in [6.45, 7) is 6.40. The molecule has 96 valence electrons. The first-order chi connectivity index (χ1) is 8.79. The Bertz CT molecular complexity index is 525. The molecule has 2 nitrogen and oxygen atoms in total. The van der Waals surface area contributed by atoms with Gasteiger partial charge in [-0.3, -0.25) is 0 Å². The van der Waals surface area contributed by atoms with Crippen molar-refractivity contribution in [3.63, 3.8) is 0 Å². The summed E-state index contributed by atoms with van der Waals surface area (Å²) in [6.07, 6.45) is 6.44.